The van der Waals surface area contributed by atoms with Gasteiger partial charge in [0.05, 0.1) is 21.0 Å². The Balaban J connectivity index is 1.62. The van der Waals surface area contributed by atoms with Crippen LogP contribution in [-0.2, 0) is 0 Å². The second kappa shape index (κ2) is 8.65. The summed E-state index contributed by atoms with van der Waals surface area (Å²) < 4.78 is 0. The van der Waals surface area contributed by atoms with Gasteiger partial charge in [0, 0.05) is 26.2 Å². The molecule has 0 bridgehead atoms. The van der Waals surface area contributed by atoms with Gasteiger partial charge < -0.3 is 10.2 Å². The fraction of sp³-hybridized carbons (Fsp3) is 0.381. The number of thiophene rings is 1. The highest BCUT2D eigenvalue weighted by atomic mass is 35.5. The molecule has 0 spiro atoms. The van der Waals surface area contributed by atoms with Crippen LogP contribution in [0.1, 0.15) is 28.6 Å². The topological polar surface area (TPSA) is 61.4 Å². The average Bonchev–Trinajstić information content (AvgIpc) is 3.07. The first-order valence-corrected chi connectivity index (χ1v) is 11.0. The maximum atomic E-state index is 12.9. The first kappa shape index (κ1) is 20.1. The Morgan fingerprint density at radius 2 is 1.97 bits per heavy atom. The molecule has 0 unspecified atom stereocenters. The van der Waals surface area contributed by atoms with Gasteiger partial charge in [-0.2, -0.15) is 0 Å². The van der Waals surface area contributed by atoms with E-state index in [-0.39, 0.29) is 5.91 Å². The van der Waals surface area contributed by atoms with E-state index in [1.54, 1.807) is 18.5 Å². The van der Waals surface area contributed by atoms with E-state index in [0.29, 0.717) is 15.6 Å². The predicted octanol–water partition coefficient (Wildman–Crippen LogP) is 4.44. The van der Waals surface area contributed by atoms with E-state index < -0.39 is 0 Å². The molecule has 2 aromatic heterocycles. The van der Waals surface area contributed by atoms with Gasteiger partial charge in [0.2, 0.25) is 0 Å². The highest BCUT2D eigenvalue weighted by molar-refractivity contribution is 7.20. The molecular weight excluding hydrogens is 406 g/mol. The van der Waals surface area contributed by atoms with Crippen LogP contribution >= 0.6 is 22.9 Å². The summed E-state index contributed by atoms with van der Waals surface area (Å²) in [5, 5.41) is 4.41. The lowest BCUT2D eigenvalue weighted by atomic mass is 10.1. The normalized spacial score (nSPS) is 15.1. The van der Waals surface area contributed by atoms with Gasteiger partial charge in [0.15, 0.2) is 0 Å². The molecule has 0 aliphatic carbocycles. The van der Waals surface area contributed by atoms with Gasteiger partial charge in [-0.3, -0.25) is 9.69 Å². The molecule has 1 amide bonds. The van der Waals surface area contributed by atoms with Crippen LogP contribution < -0.4 is 10.2 Å². The van der Waals surface area contributed by atoms with Gasteiger partial charge in [-0.15, -0.1) is 11.3 Å². The van der Waals surface area contributed by atoms with Crippen LogP contribution in [0, 0.1) is 6.92 Å². The molecule has 1 aliphatic rings. The number of nitrogens with zero attached hydrogens (tertiary/aromatic N) is 4. The average molecular weight is 430 g/mol. The highest BCUT2D eigenvalue weighted by Gasteiger charge is 2.24. The number of piperazine rings is 1. The number of aromatic nitrogens is 2. The summed E-state index contributed by atoms with van der Waals surface area (Å²) in [6.07, 6.45) is 2.77. The summed E-state index contributed by atoms with van der Waals surface area (Å²) >= 11 is 7.59. The van der Waals surface area contributed by atoms with Gasteiger partial charge in [0.1, 0.15) is 17.0 Å². The van der Waals surface area contributed by atoms with Gasteiger partial charge >= 0.3 is 0 Å². The third-order valence-corrected chi connectivity index (χ3v) is 6.77. The van der Waals surface area contributed by atoms with Crippen LogP contribution in [0.4, 0.5) is 11.5 Å². The Morgan fingerprint density at radius 1 is 1.21 bits per heavy atom. The Morgan fingerprint density at radius 3 is 2.69 bits per heavy atom. The summed E-state index contributed by atoms with van der Waals surface area (Å²) in [6, 6.07) is 7.24. The maximum absolute atomic E-state index is 12.9. The van der Waals surface area contributed by atoms with Crippen molar-refractivity contribution in [2.24, 2.45) is 0 Å². The van der Waals surface area contributed by atoms with Crippen LogP contribution in [0.15, 0.2) is 30.6 Å². The van der Waals surface area contributed by atoms with E-state index in [2.05, 4.69) is 32.0 Å². The second-order valence-electron chi connectivity index (χ2n) is 7.20. The van der Waals surface area contributed by atoms with Gasteiger partial charge in [-0.25, -0.2) is 9.97 Å². The van der Waals surface area contributed by atoms with Crippen molar-refractivity contribution >= 4 is 50.6 Å². The second-order valence-corrected chi connectivity index (χ2v) is 8.60. The van der Waals surface area contributed by atoms with Gasteiger partial charge in [0.25, 0.3) is 5.91 Å². The monoisotopic (exact) mass is 429 g/mol. The van der Waals surface area contributed by atoms with E-state index in [0.717, 1.165) is 54.3 Å². The van der Waals surface area contributed by atoms with Crippen molar-refractivity contribution in [2.45, 2.75) is 20.3 Å². The third-order valence-electron chi connectivity index (χ3n) is 5.25. The van der Waals surface area contributed by atoms with Crippen LogP contribution in [0.2, 0.25) is 5.02 Å². The molecule has 3 aromatic rings. The molecule has 1 aliphatic heterocycles. The first-order valence-electron chi connectivity index (χ1n) is 9.85. The maximum Gasteiger partial charge on any atom is 0.266 e. The highest BCUT2D eigenvalue weighted by Crippen LogP contribution is 2.36. The van der Waals surface area contributed by atoms with Crippen molar-refractivity contribution in [3.63, 3.8) is 0 Å². The number of carbonyl (C=O) groups excluding carboxylic acids is 1. The number of halogens is 1. The van der Waals surface area contributed by atoms with E-state index in [4.69, 9.17) is 11.6 Å². The number of anilines is 2. The van der Waals surface area contributed by atoms with Crippen LogP contribution in [-0.4, -0.2) is 53.5 Å². The number of para-hydroxylation sites is 1. The number of benzene rings is 1. The van der Waals surface area contributed by atoms with Gasteiger partial charge in [-0.05, 0) is 37.6 Å². The SMILES string of the molecule is CCCN1CCN(c2ncnc3sc(C(=O)Nc4ccccc4Cl)c(C)c23)CC1. The molecule has 3 heterocycles. The largest absolute Gasteiger partial charge is 0.353 e. The lowest BCUT2D eigenvalue weighted by Crippen LogP contribution is -2.46. The fourth-order valence-corrected chi connectivity index (χ4v) is 4.97. The third kappa shape index (κ3) is 4.08. The standard InChI is InChI=1S/C21H24ClN5OS/c1-3-8-26-9-11-27(12-10-26)19-17-14(2)18(29-21(17)24-13-23-19)20(28)25-16-7-5-4-6-15(16)22/h4-7,13H,3,8-12H2,1-2H3,(H,25,28). The summed E-state index contributed by atoms with van der Waals surface area (Å²) in [5.74, 6) is 0.758. The summed E-state index contributed by atoms with van der Waals surface area (Å²) in [7, 11) is 0. The zero-order valence-electron chi connectivity index (χ0n) is 16.6. The molecule has 29 heavy (non-hydrogen) atoms. The molecule has 0 saturated carbocycles. The zero-order chi connectivity index (χ0) is 20.4. The summed E-state index contributed by atoms with van der Waals surface area (Å²) in [5.41, 5.74) is 1.52. The number of carbonyl (C=O) groups is 1. The molecule has 8 heteroatoms. The minimum Gasteiger partial charge on any atom is -0.353 e. The molecule has 1 N–H and O–H groups in total. The van der Waals surface area contributed by atoms with E-state index in [1.807, 2.05) is 19.1 Å². The zero-order valence-corrected chi connectivity index (χ0v) is 18.2. The van der Waals surface area contributed by atoms with E-state index in [9.17, 15) is 4.79 Å². The van der Waals surface area contributed by atoms with Crippen LogP contribution in [0.25, 0.3) is 10.2 Å². The summed E-state index contributed by atoms with van der Waals surface area (Å²) in [6.45, 7) is 9.25. The van der Waals surface area contributed by atoms with Crippen molar-refractivity contribution in [3.05, 3.63) is 46.1 Å². The molecule has 4 rings (SSSR count). The molecule has 152 valence electrons. The van der Waals surface area contributed by atoms with Crippen molar-refractivity contribution in [2.75, 3.05) is 42.9 Å². The Bertz CT molecular complexity index is 1030. The smallest absolute Gasteiger partial charge is 0.266 e. The van der Waals surface area contributed by atoms with E-state index in [1.165, 1.54) is 17.8 Å². The lowest BCUT2D eigenvalue weighted by molar-refractivity contribution is 0.103. The van der Waals surface area contributed by atoms with E-state index >= 15 is 0 Å². The molecular formula is C21H24ClN5OS. The molecule has 0 atom stereocenters. The summed E-state index contributed by atoms with van der Waals surface area (Å²) in [4.78, 5) is 28.2. The quantitative estimate of drug-likeness (QED) is 0.649. The Labute approximate surface area is 179 Å². The number of amides is 1. The molecule has 0 radical (unpaired) electrons. The van der Waals surface area contributed by atoms with Crippen LogP contribution in [0.5, 0.6) is 0 Å². The number of nitrogens with one attached hydrogen (secondary N) is 1. The molecule has 6 nitrogen and oxygen atoms in total. The number of hydrogen-bond acceptors (Lipinski definition) is 6. The minimum atomic E-state index is -0.169. The number of rotatable bonds is 5. The minimum absolute atomic E-state index is 0.169. The number of aryl methyl sites for hydroxylation is 1. The molecule has 1 aromatic carbocycles. The first-order chi connectivity index (χ1) is 14.1. The molecule has 1 saturated heterocycles. The van der Waals surface area contributed by atoms with Crippen molar-refractivity contribution < 1.29 is 4.79 Å². The van der Waals surface area contributed by atoms with Gasteiger partial charge in [-0.1, -0.05) is 30.7 Å². The van der Waals surface area contributed by atoms with Crippen molar-refractivity contribution in [3.8, 4) is 0 Å². The predicted molar refractivity (Wildman–Crippen MR) is 121 cm³/mol. The lowest BCUT2D eigenvalue weighted by Gasteiger charge is -2.35. The van der Waals surface area contributed by atoms with Crippen molar-refractivity contribution in [1.29, 1.82) is 0 Å². The van der Waals surface area contributed by atoms with Crippen LogP contribution in [0.3, 0.4) is 0 Å². The number of fused-ring (bicyclic) bond motifs is 1. The Hall–Kier alpha value is -2.22. The molecule has 1 fully saturated rings. The number of hydrogen-bond donors (Lipinski definition) is 1. The van der Waals surface area contributed by atoms with Crippen molar-refractivity contribution in [1.82, 2.24) is 14.9 Å². The Kier molecular flexibility index (Phi) is 5.99. The fourth-order valence-electron chi connectivity index (χ4n) is 3.75.